The summed E-state index contributed by atoms with van der Waals surface area (Å²) in [5.41, 5.74) is 5.71. The van der Waals surface area contributed by atoms with E-state index < -0.39 is 0 Å². The molecule has 1 aliphatic heterocycles. The van der Waals surface area contributed by atoms with Gasteiger partial charge in [-0.25, -0.2) is 0 Å². The third kappa shape index (κ3) is 1.04. The maximum Gasteiger partial charge on any atom is 0.220 e. The van der Waals surface area contributed by atoms with Crippen molar-refractivity contribution in [1.29, 1.82) is 0 Å². The summed E-state index contributed by atoms with van der Waals surface area (Å²) in [5, 5.41) is 3.06. The summed E-state index contributed by atoms with van der Waals surface area (Å²) in [5.74, 6) is 0.719. The van der Waals surface area contributed by atoms with Crippen molar-refractivity contribution >= 4 is 5.91 Å². The maximum absolute atomic E-state index is 11.2. The second-order valence-corrected chi connectivity index (χ2v) is 4.06. The molecule has 0 radical (unpaired) electrons. The van der Waals surface area contributed by atoms with Crippen molar-refractivity contribution in [3.63, 3.8) is 0 Å². The van der Waals surface area contributed by atoms with E-state index in [-0.39, 0.29) is 11.4 Å². The van der Waals surface area contributed by atoms with Crippen LogP contribution in [0.1, 0.15) is 32.1 Å². The molecule has 0 bridgehead atoms. The molecule has 2 fully saturated rings. The lowest BCUT2D eigenvalue weighted by molar-refractivity contribution is -0.119. The molecule has 1 aliphatic carbocycles. The fourth-order valence-corrected chi connectivity index (χ4v) is 2.65. The molecule has 0 unspecified atom stereocenters. The van der Waals surface area contributed by atoms with Crippen LogP contribution in [0.5, 0.6) is 0 Å². The first-order chi connectivity index (χ1) is 5.77. The van der Waals surface area contributed by atoms with Crippen LogP contribution in [0.15, 0.2) is 0 Å². The molecule has 3 N–H and O–H groups in total. The second kappa shape index (κ2) is 2.73. The van der Waals surface area contributed by atoms with Crippen LogP contribution >= 0.6 is 0 Å². The molecule has 0 aromatic carbocycles. The molecule has 12 heavy (non-hydrogen) atoms. The number of hydrogen-bond acceptors (Lipinski definition) is 2. The molecule has 68 valence electrons. The Bertz CT molecular complexity index is 205. The first kappa shape index (κ1) is 8.05. The highest BCUT2D eigenvalue weighted by atomic mass is 16.2. The lowest BCUT2D eigenvalue weighted by Crippen LogP contribution is -2.53. The van der Waals surface area contributed by atoms with E-state index in [9.17, 15) is 4.79 Å². The monoisotopic (exact) mass is 168 g/mol. The zero-order chi connectivity index (χ0) is 8.60. The highest BCUT2D eigenvalue weighted by Crippen LogP contribution is 2.39. The van der Waals surface area contributed by atoms with Crippen LogP contribution in [0.2, 0.25) is 0 Å². The number of nitrogens with one attached hydrogen (secondary N) is 1. The van der Waals surface area contributed by atoms with E-state index in [4.69, 9.17) is 5.73 Å². The normalized spacial score (nSPS) is 40.8. The van der Waals surface area contributed by atoms with Crippen LogP contribution in [0.4, 0.5) is 0 Å². The van der Waals surface area contributed by atoms with Crippen molar-refractivity contribution in [2.24, 2.45) is 11.7 Å². The summed E-state index contributed by atoms with van der Waals surface area (Å²) in [4.78, 5) is 11.2. The number of carbonyl (C=O) groups is 1. The molecule has 0 aromatic rings. The molecule has 2 rings (SSSR count). The topological polar surface area (TPSA) is 55.1 Å². The summed E-state index contributed by atoms with van der Waals surface area (Å²) in [6.07, 6.45) is 5.45. The summed E-state index contributed by atoms with van der Waals surface area (Å²) >= 11 is 0. The molecular weight excluding hydrogens is 152 g/mol. The fourth-order valence-electron chi connectivity index (χ4n) is 2.65. The predicted molar refractivity (Wildman–Crippen MR) is 46.5 cm³/mol. The number of nitrogens with two attached hydrogens (primary N) is 1. The molecule has 2 aliphatic rings. The Morgan fingerprint density at radius 3 is 3.08 bits per heavy atom. The van der Waals surface area contributed by atoms with Gasteiger partial charge in [0.05, 0.1) is 5.54 Å². The lowest BCUT2D eigenvalue weighted by atomic mass is 9.74. The van der Waals surface area contributed by atoms with Gasteiger partial charge in [-0.15, -0.1) is 0 Å². The average Bonchev–Trinajstić information content (AvgIpc) is 2.41. The van der Waals surface area contributed by atoms with Crippen molar-refractivity contribution in [2.75, 3.05) is 6.54 Å². The van der Waals surface area contributed by atoms with E-state index >= 15 is 0 Å². The Balaban J connectivity index is 2.19. The average molecular weight is 168 g/mol. The maximum atomic E-state index is 11.2. The van der Waals surface area contributed by atoms with E-state index in [1.165, 1.54) is 19.3 Å². The van der Waals surface area contributed by atoms with Crippen molar-refractivity contribution in [2.45, 2.75) is 37.6 Å². The Morgan fingerprint density at radius 1 is 1.58 bits per heavy atom. The minimum Gasteiger partial charge on any atom is -0.349 e. The molecule has 0 spiro atoms. The SMILES string of the molecule is NC[C@]12CCCC[C@H]1CC(=O)N2. The molecular formula is C9H16N2O. The fraction of sp³-hybridized carbons (Fsp3) is 0.889. The van der Waals surface area contributed by atoms with Gasteiger partial charge in [-0.1, -0.05) is 12.8 Å². The number of carbonyl (C=O) groups excluding carboxylic acids is 1. The molecule has 3 heteroatoms. The van der Waals surface area contributed by atoms with E-state index in [1.54, 1.807) is 0 Å². The first-order valence-corrected chi connectivity index (χ1v) is 4.78. The molecule has 1 saturated carbocycles. The third-order valence-electron chi connectivity index (χ3n) is 3.39. The van der Waals surface area contributed by atoms with Crippen LogP contribution in [-0.2, 0) is 4.79 Å². The molecule has 1 amide bonds. The Hall–Kier alpha value is -0.570. The highest BCUT2D eigenvalue weighted by Gasteiger charge is 2.46. The van der Waals surface area contributed by atoms with Crippen LogP contribution in [0.3, 0.4) is 0 Å². The predicted octanol–water partition coefficient (Wildman–Crippen LogP) is 0.394. The standard InChI is InChI=1S/C9H16N2O/c10-6-9-4-2-1-3-7(9)5-8(12)11-9/h7H,1-6,10H2,(H,11,12)/t7-,9+/m0/s1. The van der Waals surface area contributed by atoms with Gasteiger partial charge < -0.3 is 11.1 Å². The molecule has 2 atom stereocenters. The minimum atomic E-state index is -0.0185. The lowest BCUT2D eigenvalue weighted by Gasteiger charge is -2.37. The van der Waals surface area contributed by atoms with Gasteiger partial charge in [0.15, 0.2) is 0 Å². The van der Waals surface area contributed by atoms with Gasteiger partial charge in [0.2, 0.25) is 5.91 Å². The van der Waals surface area contributed by atoms with Gasteiger partial charge in [0, 0.05) is 13.0 Å². The van der Waals surface area contributed by atoms with Gasteiger partial charge >= 0.3 is 0 Å². The first-order valence-electron chi connectivity index (χ1n) is 4.78. The van der Waals surface area contributed by atoms with Crippen molar-refractivity contribution in [3.05, 3.63) is 0 Å². The molecule has 1 heterocycles. The van der Waals surface area contributed by atoms with Crippen LogP contribution < -0.4 is 11.1 Å². The van der Waals surface area contributed by atoms with E-state index in [2.05, 4.69) is 5.32 Å². The number of rotatable bonds is 1. The zero-order valence-electron chi connectivity index (χ0n) is 7.31. The van der Waals surface area contributed by atoms with E-state index in [0.29, 0.717) is 18.9 Å². The van der Waals surface area contributed by atoms with Crippen LogP contribution in [0, 0.1) is 5.92 Å². The van der Waals surface area contributed by atoms with Gasteiger partial charge in [-0.3, -0.25) is 4.79 Å². The summed E-state index contributed by atoms with van der Waals surface area (Å²) in [6, 6.07) is 0. The molecule has 1 saturated heterocycles. The Morgan fingerprint density at radius 2 is 2.42 bits per heavy atom. The Kier molecular flexibility index (Phi) is 1.83. The quantitative estimate of drug-likeness (QED) is 0.595. The number of hydrogen-bond donors (Lipinski definition) is 2. The van der Waals surface area contributed by atoms with Gasteiger partial charge in [-0.2, -0.15) is 0 Å². The summed E-state index contributed by atoms with van der Waals surface area (Å²) in [6.45, 7) is 0.614. The smallest absolute Gasteiger partial charge is 0.220 e. The summed E-state index contributed by atoms with van der Waals surface area (Å²) in [7, 11) is 0. The van der Waals surface area contributed by atoms with Gasteiger partial charge in [0.1, 0.15) is 0 Å². The van der Waals surface area contributed by atoms with Gasteiger partial charge in [0.25, 0.3) is 0 Å². The third-order valence-corrected chi connectivity index (χ3v) is 3.39. The molecule has 0 aromatic heterocycles. The van der Waals surface area contributed by atoms with Crippen LogP contribution in [-0.4, -0.2) is 18.0 Å². The zero-order valence-corrected chi connectivity index (χ0v) is 7.31. The van der Waals surface area contributed by atoms with E-state index in [0.717, 1.165) is 6.42 Å². The van der Waals surface area contributed by atoms with Crippen molar-refractivity contribution < 1.29 is 4.79 Å². The van der Waals surface area contributed by atoms with Crippen molar-refractivity contribution in [1.82, 2.24) is 5.32 Å². The highest BCUT2D eigenvalue weighted by molar-refractivity contribution is 5.80. The summed E-state index contributed by atoms with van der Waals surface area (Å²) < 4.78 is 0. The van der Waals surface area contributed by atoms with Gasteiger partial charge in [-0.05, 0) is 18.8 Å². The largest absolute Gasteiger partial charge is 0.349 e. The molecule has 3 nitrogen and oxygen atoms in total. The van der Waals surface area contributed by atoms with Crippen LogP contribution in [0.25, 0.3) is 0 Å². The minimum absolute atomic E-state index is 0.0185. The van der Waals surface area contributed by atoms with E-state index in [1.807, 2.05) is 0 Å². The number of amides is 1. The van der Waals surface area contributed by atoms with Crippen molar-refractivity contribution in [3.8, 4) is 0 Å². The number of fused-ring (bicyclic) bond motifs is 1. The second-order valence-electron chi connectivity index (χ2n) is 4.06. The Labute approximate surface area is 72.7 Å².